The number of aryl methyl sites for hydroxylation is 1. The molecule has 1 aliphatic rings. The SMILES string of the molecule is COc1ccc(-n2nnc3c(OC4CCNCC4)ncnc32)c(C)n1. The molecule has 1 N–H and O–H groups in total. The smallest absolute Gasteiger partial charge is 0.247 e. The number of pyridine rings is 1. The average Bonchev–Trinajstić information content (AvgIpc) is 3.07. The van der Waals surface area contributed by atoms with Gasteiger partial charge in [0.1, 0.15) is 12.4 Å². The third kappa shape index (κ3) is 2.98. The summed E-state index contributed by atoms with van der Waals surface area (Å²) in [6.45, 7) is 3.78. The third-order valence-corrected chi connectivity index (χ3v) is 4.24. The minimum Gasteiger partial charge on any atom is -0.481 e. The lowest BCUT2D eigenvalue weighted by atomic mass is 10.1. The van der Waals surface area contributed by atoms with Crippen molar-refractivity contribution < 1.29 is 9.47 Å². The van der Waals surface area contributed by atoms with Gasteiger partial charge in [-0.15, -0.1) is 5.10 Å². The van der Waals surface area contributed by atoms with E-state index in [1.165, 1.54) is 6.33 Å². The average molecular weight is 341 g/mol. The summed E-state index contributed by atoms with van der Waals surface area (Å²) in [5.41, 5.74) is 2.70. The number of piperidine rings is 1. The number of ether oxygens (including phenoxy) is 2. The molecule has 1 aliphatic heterocycles. The maximum Gasteiger partial charge on any atom is 0.247 e. The van der Waals surface area contributed by atoms with Crippen molar-refractivity contribution in [2.24, 2.45) is 0 Å². The van der Waals surface area contributed by atoms with Gasteiger partial charge in [-0.3, -0.25) is 0 Å². The molecule has 3 aromatic heterocycles. The first-order chi connectivity index (χ1) is 12.3. The molecular weight excluding hydrogens is 322 g/mol. The van der Waals surface area contributed by atoms with Crippen molar-refractivity contribution in [2.45, 2.75) is 25.9 Å². The second-order valence-electron chi connectivity index (χ2n) is 5.88. The highest BCUT2D eigenvalue weighted by Gasteiger charge is 2.20. The molecule has 130 valence electrons. The van der Waals surface area contributed by atoms with Crippen LogP contribution in [0.25, 0.3) is 16.9 Å². The van der Waals surface area contributed by atoms with Crippen molar-refractivity contribution >= 4 is 11.2 Å². The van der Waals surface area contributed by atoms with E-state index in [0.29, 0.717) is 22.9 Å². The van der Waals surface area contributed by atoms with Crippen molar-refractivity contribution in [1.29, 1.82) is 0 Å². The van der Waals surface area contributed by atoms with E-state index < -0.39 is 0 Å². The van der Waals surface area contributed by atoms with E-state index in [-0.39, 0.29) is 6.10 Å². The van der Waals surface area contributed by atoms with E-state index in [2.05, 4.69) is 30.6 Å². The molecule has 0 aliphatic carbocycles. The fourth-order valence-corrected chi connectivity index (χ4v) is 2.92. The van der Waals surface area contributed by atoms with Gasteiger partial charge in [0.2, 0.25) is 11.8 Å². The van der Waals surface area contributed by atoms with E-state index in [0.717, 1.165) is 37.3 Å². The summed E-state index contributed by atoms with van der Waals surface area (Å²) in [5, 5.41) is 11.8. The molecule has 3 aromatic rings. The zero-order valence-corrected chi connectivity index (χ0v) is 14.1. The van der Waals surface area contributed by atoms with E-state index in [1.54, 1.807) is 17.9 Å². The lowest BCUT2D eigenvalue weighted by molar-refractivity contribution is 0.158. The molecule has 4 heterocycles. The normalized spacial score (nSPS) is 15.4. The van der Waals surface area contributed by atoms with Crippen LogP contribution in [-0.2, 0) is 0 Å². The van der Waals surface area contributed by atoms with Gasteiger partial charge in [0, 0.05) is 6.07 Å². The van der Waals surface area contributed by atoms with Crippen LogP contribution in [-0.4, -0.2) is 56.2 Å². The maximum atomic E-state index is 6.04. The van der Waals surface area contributed by atoms with Crippen molar-refractivity contribution in [3.8, 4) is 17.4 Å². The Labute approximate surface area is 144 Å². The van der Waals surface area contributed by atoms with Crippen molar-refractivity contribution in [1.82, 2.24) is 35.3 Å². The van der Waals surface area contributed by atoms with Crippen molar-refractivity contribution in [2.75, 3.05) is 20.2 Å². The number of fused-ring (bicyclic) bond motifs is 1. The first-order valence-electron chi connectivity index (χ1n) is 8.22. The summed E-state index contributed by atoms with van der Waals surface area (Å²) in [7, 11) is 1.59. The van der Waals surface area contributed by atoms with Gasteiger partial charge in [-0.1, -0.05) is 5.21 Å². The van der Waals surface area contributed by atoms with Crippen LogP contribution in [0.2, 0.25) is 0 Å². The minimum absolute atomic E-state index is 0.133. The Balaban J connectivity index is 1.71. The molecule has 9 heteroatoms. The zero-order chi connectivity index (χ0) is 17.2. The summed E-state index contributed by atoms with van der Waals surface area (Å²) in [6.07, 6.45) is 3.50. The highest BCUT2D eigenvalue weighted by Crippen LogP contribution is 2.24. The molecule has 0 bridgehead atoms. The molecule has 0 spiro atoms. The predicted octanol–water partition coefficient (Wildman–Crippen LogP) is 1.05. The minimum atomic E-state index is 0.133. The van der Waals surface area contributed by atoms with Gasteiger partial charge >= 0.3 is 0 Å². The van der Waals surface area contributed by atoms with Gasteiger partial charge in [-0.05, 0) is 38.9 Å². The molecule has 0 saturated carbocycles. The number of methoxy groups -OCH3 is 1. The Hall–Kier alpha value is -2.81. The summed E-state index contributed by atoms with van der Waals surface area (Å²) in [4.78, 5) is 13.0. The van der Waals surface area contributed by atoms with Crippen molar-refractivity contribution in [3.63, 3.8) is 0 Å². The first-order valence-corrected chi connectivity index (χ1v) is 8.22. The zero-order valence-electron chi connectivity index (χ0n) is 14.1. The van der Waals surface area contributed by atoms with Gasteiger partial charge < -0.3 is 14.8 Å². The molecule has 0 radical (unpaired) electrons. The molecular formula is C16H19N7O2. The molecule has 1 saturated heterocycles. The number of hydrogen-bond donors (Lipinski definition) is 1. The van der Waals surface area contributed by atoms with Crippen LogP contribution in [0.15, 0.2) is 18.5 Å². The molecule has 0 atom stereocenters. The van der Waals surface area contributed by atoms with Crippen molar-refractivity contribution in [3.05, 3.63) is 24.2 Å². The van der Waals surface area contributed by atoms with Crippen LogP contribution in [0.5, 0.6) is 11.8 Å². The maximum absolute atomic E-state index is 6.04. The Morgan fingerprint density at radius 1 is 1.20 bits per heavy atom. The number of hydrogen-bond acceptors (Lipinski definition) is 8. The summed E-state index contributed by atoms with van der Waals surface area (Å²) in [5.74, 6) is 1.03. The molecule has 0 aromatic carbocycles. The Kier molecular flexibility index (Phi) is 4.14. The highest BCUT2D eigenvalue weighted by molar-refractivity contribution is 5.76. The van der Waals surface area contributed by atoms with Crippen LogP contribution in [0.4, 0.5) is 0 Å². The van der Waals surface area contributed by atoms with E-state index in [9.17, 15) is 0 Å². The quantitative estimate of drug-likeness (QED) is 0.752. The topological polar surface area (TPSA) is 99.9 Å². The first kappa shape index (κ1) is 15.7. The second kappa shape index (κ2) is 6.60. The Bertz CT molecular complexity index is 889. The lowest BCUT2D eigenvalue weighted by Crippen LogP contribution is -2.34. The molecule has 0 unspecified atom stereocenters. The Morgan fingerprint density at radius 2 is 2.04 bits per heavy atom. The standard InChI is InChI=1S/C16H19N7O2/c1-10-12(3-4-13(20-10)24-2)23-15-14(21-22-23)16(19-9-18-15)25-11-5-7-17-8-6-11/h3-4,9,11,17H,5-8H2,1-2H3. The molecule has 0 amide bonds. The lowest BCUT2D eigenvalue weighted by Gasteiger charge is -2.22. The van der Waals surface area contributed by atoms with Gasteiger partial charge in [-0.25, -0.2) is 9.97 Å². The van der Waals surface area contributed by atoms with E-state index >= 15 is 0 Å². The number of nitrogens with one attached hydrogen (secondary N) is 1. The van der Waals surface area contributed by atoms with Crippen LogP contribution in [0, 0.1) is 6.92 Å². The van der Waals surface area contributed by atoms with Crippen LogP contribution < -0.4 is 14.8 Å². The largest absolute Gasteiger partial charge is 0.481 e. The van der Waals surface area contributed by atoms with E-state index in [4.69, 9.17) is 9.47 Å². The third-order valence-electron chi connectivity index (χ3n) is 4.24. The van der Waals surface area contributed by atoms with Crippen LogP contribution in [0.1, 0.15) is 18.5 Å². The number of nitrogens with zero attached hydrogens (tertiary/aromatic N) is 6. The highest BCUT2D eigenvalue weighted by atomic mass is 16.5. The second-order valence-corrected chi connectivity index (χ2v) is 5.88. The fourth-order valence-electron chi connectivity index (χ4n) is 2.92. The Morgan fingerprint density at radius 3 is 2.80 bits per heavy atom. The number of rotatable bonds is 4. The van der Waals surface area contributed by atoms with Gasteiger partial charge in [0.05, 0.1) is 18.5 Å². The van der Waals surface area contributed by atoms with Crippen LogP contribution in [0.3, 0.4) is 0 Å². The molecule has 9 nitrogen and oxygen atoms in total. The van der Waals surface area contributed by atoms with Gasteiger partial charge in [-0.2, -0.15) is 9.67 Å². The molecule has 25 heavy (non-hydrogen) atoms. The monoisotopic (exact) mass is 341 g/mol. The van der Waals surface area contributed by atoms with E-state index in [1.807, 2.05) is 13.0 Å². The predicted molar refractivity (Wildman–Crippen MR) is 90.1 cm³/mol. The summed E-state index contributed by atoms with van der Waals surface area (Å²) >= 11 is 0. The van der Waals surface area contributed by atoms with Crippen LogP contribution >= 0.6 is 0 Å². The van der Waals surface area contributed by atoms with Gasteiger partial charge in [0.15, 0.2) is 11.2 Å². The van der Waals surface area contributed by atoms with Gasteiger partial charge in [0.25, 0.3) is 0 Å². The molecule has 4 rings (SSSR count). The summed E-state index contributed by atoms with van der Waals surface area (Å²) in [6, 6.07) is 3.66. The fraction of sp³-hybridized carbons (Fsp3) is 0.438. The summed E-state index contributed by atoms with van der Waals surface area (Å²) < 4.78 is 12.8. The number of aromatic nitrogens is 6. The molecule has 1 fully saturated rings.